The molecule has 0 saturated heterocycles. The Kier molecular flexibility index (Phi) is 4.56. The highest BCUT2D eigenvalue weighted by atomic mass is 32.1. The van der Waals surface area contributed by atoms with E-state index in [9.17, 15) is 26.7 Å². The highest BCUT2D eigenvalue weighted by Gasteiger charge is 2.26. The van der Waals surface area contributed by atoms with Gasteiger partial charge in [0.25, 0.3) is 0 Å². The molecule has 0 aliphatic carbocycles. The first-order valence-corrected chi connectivity index (χ1v) is 6.48. The molecule has 1 aromatic heterocycles. The molecule has 1 heterocycles. The van der Waals surface area contributed by atoms with Gasteiger partial charge in [0.2, 0.25) is 5.82 Å². The SMILES string of the molecule is O=C(Cc1cccs1)OCc1c(F)c(F)c(F)c(F)c1F. The van der Waals surface area contributed by atoms with E-state index in [1.165, 1.54) is 11.3 Å². The van der Waals surface area contributed by atoms with Crippen LogP contribution in [0.2, 0.25) is 0 Å². The molecule has 0 aliphatic rings. The second kappa shape index (κ2) is 6.21. The molecule has 1 aromatic carbocycles. The molecular formula is C13H7F5O2S. The Morgan fingerprint density at radius 3 is 2.10 bits per heavy atom. The van der Waals surface area contributed by atoms with E-state index in [1.807, 2.05) is 0 Å². The molecule has 2 aromatic rings. The monoisotopic (exact) mass is 322 g/mol. The van der Waals surface area contributed by atoms with E-state index >= 15 is 0 Å². The van der Waals surface area contributed by atoms with Crippen LogP contribution in [-0.2, 0) is 22.6 Å². The van der Waals surface area contributed by atoms with Crippen LogP contribution in [-0.4, -0.2) is 5.97 Å². The highest BCUT2D eigenvalue weighted by Crippen LogP contribution is 2.23. The van der Waals surface area contributed by atoms with Crippen molar-refractivity contribution in [3.63, 3.8) is 0 Å². The molecule has 0 fully saturated rings. The van der Waals surface area contributed by atoms with Crippen molar-refractivity contribution >= 4 is 17.3 Å². The van der Waals surface area contributed by atoms with Crippen molar-refractivity contribution in [2.45, 2.75) is 13.0 Å². The van der Waals surface area contributed by atoms with Crippen molar-refractivity contribution in [3.05, 3.63) is 57.0 Å². The van der Waals surface area contributed by atoms with Crippen LogP contribution in [0.3, 0.4) is 0 Å². The van der Waals surface area contributed by atoms with Gasteiger partial charge in [-0.25, -0.2) is 22.0 Å². The lowest BCUT2D eigenvalue weighted by atomic mass is 10.2. The molecule has 0 N–H and O–H groups in total. The number of carbonyl (C=O) groups excluding carboxylic acids is 1. The summed E-state index contributed by atoms with van der Waals surface area (Å²) in [6.45, 7) is -1.03. The summed E-state index contributed by atoms with van der Waals surface area (Å²) in [5.41, 5.74) is -1.18. The molecule has 0 unspecified atom stereocenters. The fourth-order valence-electron chi connectivity index (χ4n) is 1.54. The normalized spacial score (nSPS) is 10.7. The number of benzene rings is 1. The minimum atomic E-state index is -2.25. The van der Waals surface area contributed by atoms with Gasteiger partial charge in [-0.15, -0.1) is 11.3 Å². The van der Waals surface area contributed by atoms with Crippen LogP contribution < -0.4 is 0 Å². The van der Waals surface area contributed by atoms with Gasteiger partial charge in [-0.2, -0.15) is 0 Å². The zero-order valence-corrected chi connectivity index (χ0v) is 11.1. The van der Waals surface area contributed by atoms with Gasteiger partial charge in [0, 0.05) is 4.88 Å². The summed E-state index contributed by atoms with van der Waals surface area (Å²) < 4.78 is 69.9. The fraction of sp³-hybridized carbons (Fsp3) is 0.154. The van der Waals surface area contributed by atoms with Crippen molar-refractivity contribution in [2.24, 2.45) is 0 Å². The lowest BCUT2D eigenvalue weighted by molar-refractivity contribution is -0.144. The number of esters is 1. The molecule has 112 valence electrons. The number of carbonyl (C=O) groups is 1. The van der Waals surface area contributed by atoms with Gasteiger partial charge in [0.1, 0.15) is 6.61 Å². The Morgan fingerprint density at radius 1 is 1.00 bits per heavy atom. The predicted molar refractivity (Wildman–Crippen MR) is 64.1 cm³/mol. The molecule has 0 bridgehead atoms. The van der Waals surface area contributed by atoms with Gasteiger partial charge >= 0.3 is 5.97 Å². The first-order valence-electron chi connectivity index (χ1n) is 5.60. The van der Waals surface area contributed by atoms with Crippen LogP contribution in [0.4, 0.5) is 22.0 Å². The number of halogens is 5. The summed E-state index contributed by atoms with van der Waals surface area (Å²) in [7, 11) is 0. The van der Waals surface area contributed by atoms with E-state index in [1.54, 1.807) is 17.5 Å². The lowest BCUT2D eigenvalue weighted by Gasteiger charge is -2.08. The lowest BCUT2D eigenvalue weighted by Crippen LogP contribution is -2.12. The quantitative estimate of drug-likeness (QED) is 0.371. The number of hydrogen-bond donors (Lipinski definition) is 0. The summed E-state index contributed by atoms with van der Waals surface area (Å²) in [6.07, 6.45) is -0.146. The molecule has 2 rings (SSSR count). The average Bonchev–Trinajstić information content (AvgIpc) is 2.96. The second-order valence-corrected chi connectivity index (χ2v) is 5.00. The summed E-state index contributed by atoms with van der Waals surface area (Å²) in [5.74, 6) is -11.2. The summed E-state index contributed by atoms with van der Waals surface area (Å²) in [5, 5.41) is 1.71. The minimum absolute atomic E-state index is 0.146. The molecule has 0 aliphatic heterocycles. The Morgan fingerprint density at radius 2 is 1.57 bits per heavy atom. The van der Waals surface area contributed by atoms with Crippen molar-refractivity contribution in [1.82, 2.24) is 0 Å². The Hall–Kier alpha value is -1.96. The minimum Gasteiger partial charge on any atom is -0.460 e. The standard InChI is InChI=1S/C13H7F5O2S/c14-9-7(10(15)12(17)13(18)11(9)16)5-20-8(19)4-6-2-1-3-21-6/h1-3H,4-5H2. The maximum absolute atomic E-state index is 13.3. The molecule has 0 amide bonds. The zero-order valence-electron chi connectivity index (χ0n) is 10.3. The van der Waals surface area contributed by atoms with E-state index in [2.05, 4.69) is 4.74 Å². The van der Waals surface area contributed by atoms with Crippen LogP contribution in [0.15, 0.2) is 17.5 Å². The van der Waals surface area contributed by atoms with Crippen molar-refractivity contribution in [2.75, 3.05) is 0 Å². The number of ether oxygens (including phenoxy) is 1. The first-order chi connectivity index (χ1) is 9.91. The van der Waals surface area contributed by atoms with E-state index in [0.717, 1.165) is 0 Å². The number of hydrogen-bond acceptors (Lipinski definition) is 3. The first kappa shape index (κ1) is 15.4. The van der Waals surface area contributed by atoms with Crippen LogP contribution >= 0.6 is 11.3 Å². The molecule has 0 saturated carbocycles. The molecule has 0 atom stereocenters. The maximum Gasteiger partial charge on any atom is 0.311 e. The fourth-order valence-corrected chi connectivity index (χ4v) is 2.23. The molecular weight excluding hydrogens is 315 g/mol. The van der Waals surface area contributed by atoms with Crippen LogP contribution in [0.25, 0.3) is 0 Å². The van der Waals surface area contributed by atoms with Gasteiger partial charge in [0.15, 0.2) is 23.3 Å². The summed E-state index contributed by atoms with van der Waals surface area (Å²) >= 11 is 1.27. The topological polar surface area (TPSA) is 26.3 Å². The Bertz CT molecular complexity index is 641. The van der Waals surface area contributed by atoms with Crippen LogP contribution in [0.1, 0.15) is 10.4 Å². The van der Waals surface area contributed by atoms with E-state index < -0.39 is 47.2 Å². The largest absolute Gasteiger partial charge is 0.460 e. The van der Waals surface area contributed by atoms with Gasteiger partial charge < -0.3 is 4.74 Å². The van der Waals surface area contributed by atoms with E-state index in [4.69, 9.17) is 0 Å². The molecule has 8 heteroatoms. The molecule has 2 nitrogen and oxygen atoms in total. The number of thiophene rings is 1. The van der Waals surface area contributed by atoms with Crippen molar-refractivity contribution in [3.8, 4) is 0 Å². The third kappa shape index (κ3) is 3.21. The molecule has 0 radical (unpaired) electrons. The summed E-state index contributed by atoms with van der Waals surface area (Å²) in [6, 6.07) is 3.33. The van der Waals surface area contributed by atoms with Crippen LogP contribution in [0.5, 0.6) is 0 Å². The Labute approximate surface area is 119 Å². The van der Waals surface area contributed by atoms with E-state index in [-0.39, 0.29) is 6.42 Å². The van der Waals surface area contributed by atoms with Gasteiger partial charge in [-0.05, 0) is 11.4 Å². The zero-order chi connectivity index (χ0) is 15.6. The third-order valence-corrected chi connectivity index (χ3v) is 3.45. The van der Waals surface area contributed by atoms with Gasteiger partial charge in [-0.1, -0.05) is 6.07 Å². The second-order valence-electron chi connectivity index (χ2n) is 3.97. The smallest absolute Gasteiger partial charge is 0.311 e. The average molecular weight is 322 g/mol. The Balaban J connectivity index is 2.12. The predicted octanol–water partition coefficient (Wildman–Crippen LogP) is 3.73. The number of rotatable bonds is 4. The van der Waals surface area contributed by atoms with E-state index in [0.29, 0.717) is 4.88 Å². The highest BCUT2D eigenvalue weighted by molar-refractivity contribution is 7.10. The maximum atomic E-state index is 13.3. The van der Waals surface area contributed by atoms with Crippen LogP contribution in [0, 0.1) is 29.1 Å². The molecule has 21 heavy (non-hydrogen) atoms. The van der Waals surface area contributed by atoms with Gasteiger partial charge in [-0.3, -0.25) is 4.79 Å². The molecule has 0 spiro atoms. The van der Waals surface area contributed by atoms with Crippen molar-refractivity contribution < 1.29 is 31.5 Å². The summed E-state index contributed by atoms with van der Waals surface area (Å²) in [4.78, 5) is 12.1. The third-order valence-electron chi connectivity index (χ3n) is 2.58. The van der Waals surface area contributed by atoms with Gasteiger partial charge in [0.05, 0.1) is 12.0 Å². The van der Waals surface area contributed by atoms with Crippen molar-refractivity contribution in [1.29, 1.82) is 0 Å².